The molecule has 1 aliphatic rings. The van der Waals surface area contributed by atoms with Gasteiger partial charge in [0.05, 0.1) is 0 Å². The highest BCUT2D eigenvalue weighted by Gasteiger charge is 2.23. The molecule has 1 aromatic carbocycles. The zero-order valence-corrected chi connectivity index (χ0v) is 8.74. The molecule has 0 aliphatic heterocycles. The van der Waals surface area contributed by atoms with Gasteiger partial charge in [-0.05, 0) is 42.2 Å². The number of aliphatic hydroxyl groups is 1. The number of rotatable bonds is 2. The van der Waals surface area contributed by atoms with Gasteiger partial charge in [0, 0.05) is 6.61 Å². The van der Waals surface area contributed by atoms with E-state index in [0.717, 1.165) is 0 Å². The van der Waals surface area contributed by atoms with Crippen LogP contribution in [0, 0.1) is 5.92 Å². The molecule has 0 spiro atoms. The second-order valence-electron chi connectivity index (χ2n) is 4.36. The molecular weight excluding hydrogens is 172 g/mol. The summed E-state index contributed by atoms with van der Waals surface area (Å²) in [4.78, 5) is 0. The molecule has 76 valence electrons. The minimum Gasteiger partial charge on any atom is -0.396 e. The van der Waals surface area contributed by atoms with Crippen LogP contribution < -0.4 is 0 Å². The SMILES string of the molecule is C[C@@H](CO)C1CCCc2ccccc21. The van der Waals surface area contributed by atoms with Gasteiger partial charge in [-0.1, -0.05) is 31.2 Å². The smallest absolute Gasteiger partial charge is 0.0462 e. The van der Waals surface area contributed by atoms with Gasteiger partial charge in [-0.15, -0.1) is 0 Å². The maximum absolute atomic E-state index is 9.21. The largest absolute Gasteiger partial charge is 0.396 e. The van der Waals surface area contributed by atoms with Crippen LogP contribution in [-0.4, -0.2) is 11.7 Å². The van der Waals surface area contributed by atoms with Gasteiger partial charge in [0.15, 0.2) is 0 Å². The summed E-state index contributed by atoms with van der Waals surface area (Å²) in [6.45, 7) is 2.45. The van der Waals surface area contributed by atoms with E-state index in [2.05, 4.69) is 31.2 Å². The van der Waals surface area contributed by atoms with Crippen LogP contribution in [0.15, 0.2) is 24.3 Å². The van der Waals surface area contributed by atoms with Gasteiger partial charge < -0.3 is 5.11 Å². The van der Waals surface area contributed by atoms with E-state index >= 15 is 0 Å². The van der Waals surface area contributed by atoms with E-state index < -0.39 is 0 Å². The number of hydrogen-bond acceptors (Lipinski definition) is 1. The summed E-state index contributed by atoms with van der Waals surface area (Å²) < 4.78 is 0. The third-order valence-corrected chi connectivity index (χ3v) is 3.39. The summed E-state index contributed by atoms with van der Waals surface area (Å²) >= 11 is 0. The Balaban J connectivity index is 2.30. The van der Waals surface area contributed by atoms with Crippen molar-refractivity contribution in [3.8, 4) is 0 Å². The summed E-state index contributed by atoms with van der Waals surface area (Å²) in [7, 11) is 0. The van der Waals surface area contributed by atoms with Crippen molar-refractivity contribution in [2.24, 2.45) is 5.92 Å². The first kappa shape index (κ1) is 9.72. The Hall–Kier alpha value is -0.820. The first-order valence-electron chi connectivity index (χ1n) is 5.51. The molecule has 0 saturated carbocycles. The Kier molecular flexibility index (Phi) is 2.87. The van der Waals surface area contributed by atoms with Crippen molar-refractivity contribution in [2.45, 2.75) is 32.1 Å². The molecule has 1 nitrogen and oxygen atoms in total. The minimum atomic E-state index is 0.305. The summed E-state index contributed by atoms with van der Waals surface area (Å²) in [5.74, 6) is 0.974. The van der Waals surface area contributed by atoms with Gasteiger partial charge in [0.25, 0.3) is 0 Å². The summed E-state index contributed by atoms with van der Waals surface area (Å²) in [6, 6.07) is 8.68. The van der Waals surface area contributed by atoms with E-state index in [1.807, 2.05) is 0 Å². The fourth-order valence-electron chi connectivity index (χ4n) is 2.51. The Morgan fingerprint density at radius 1 is 1.43 bits per heavy atom. The Morgan fingerprint density at radius 2 is 2.21 bits per heavy atom. The molecule has 1 heteroatoms. The van der Waals surface area contributed by atoms with Crippen LogP contribution in [0.5, 0.6) is 0 Å². The Morgan fingerprint density at radius 3 is 3.00 bits per heavy atom. The van der Waals surface area contributed by atoms with Gasteiger partial charge in [-0.25, -0.2) is 0 Å². The molecule has 0 amide bonds. The summed E-state index contributed by atoms with van der Waals surface area (Å²) in [5, 5.41) is 9.21. The minimum absolute atomic E-state index is 0.305. The molecule has 0 fully saturated rings. The van der Waals surface area contributed by atoms with Crippen LogP contribution >= 0.6 is 0 Å². The lowest BCUT2D eigenvalue weighted by Gasteiger charge is -2.29. The fraction of sp³-hybridized carbons (Fsp3) is 0.538. The summed E-state index contributed by atoms with van der Waals surface area (Å²) in [6.07, 6.45) is 3.72. The zero-order valence-electron chi connectivity index (χ0n) is 8.74. The van der Waals surface area contributed by atoms with Crippen LogP contribution in [-0.2, 0) is 6.42 Å². The molecule has 0 radical (unpaired) electrons. The van der Waals surface area contributed by atoms with E-state index in [0.29, 0.717) is 18.4 Å². The van der Waals surface area contributed by atoms with Crippen molar-refractivity contribution >= 4 is 0 Å². The Bertz CT molecular complexity index is 306. The third-order valence-electron chi connectivity index (χ3n) is 3.39. The predicted molar refractivity (Wildman–Crippen MR) is 58.4 cm³/mol. The molecule has 1 N–H and O–H groups in total. The quantitative estimate of drug-likeness (QED) is 0.760. The van der Waals surface area contributed by atoms with Crippen molar-refractivity contribution in [3.05, 3.63) is 35.4 Å². The molecule has 0 heterocycles. The third kappa shape index (κ3) is 1.69. The molecule has 2 atom stereocenters. The normalized spacial score (nSPS) is 22.9. The average molecular weight is 190 g/mol. The Labute approximate surface area is 85.8 Å². The van der Waals surface area contributed by atoms with Crippen molar-refractivity contribution in [2.75, 3.05) is 6.61 Å². The van der Waals surface area contributed by atoms with Crippen LogP contribution in [0.2, 0.25) is 0 Å². The van der Waals surface area contributed by atoms with Crippen LogP contribution in [0.1, 0.15) is 36.8 Å². The molecule has 1 aromatic rings. The molecule has 1 aliphatic carbocycles. The van der Waals surface area contributed by atoms with Gasteiger partial charge >= 0.3 is 0 Å². The highest BCUT2D eigenvalue weighted by atomic mass is 16.3. The van der Waals surface area contributed by atoms with Crippen molar-refractivity contribution < 1.29 is 5.11 Å². The van der Waals surface area contributed by atoms with Crippen molar-refractivity contribution in [1.29, 1.82) is 0 Å². The van der Waals surface area contributed by atoms with E-state index in [4.69, 9.17) is 0 Å². The highest BCUT2D eigenvalue weighted by Crippen LogP contribution is 2.36. The molecule has 0 bridgehead atoms. The van der Waals surface area contributed by atoms with Gasteiger partial charge in [-0.3, -0.25) is 0 Å². The van der Waals surface area contributed by atoms with Crippen LogP contribution in [0.25, 0.3) is 0 Å². The monoisotopic (exact) mass is 190 g/mol. The lowest BCUT2D eigenvalue weighted by molar-refractivity contribution is 0.208. The number of benzene rings is 1. The molecule has 0 saturated heterocycles. The predicted octanol–water partition coefficient (Wildman–Crippen LogP) is 2.73. The lowest BCUT2D eigenvalue weighted by Crippen LogP contribution is -2.18. The second kappa shape index (κ2) is 4.14. The van der Waals surface area contributed by atoms with Gasteiger partial charge in [-0.2, -0.15) is 0 Å². The number of fused-ring (bicyclic) bond motifs is 1. The highest BCUT2D eigenvalue weighted by molar-refractivity contribution is 5.32. The average Bonchev–Trinajstić information content (AvgIpc) is 2.27. The summed E-state index contributed by atoms with van der Waals surface area (Å²) in [5.41, 5.74) is 2.96. The molecular formula is C13H18O. The number of hydrogen-bond donors (Lipinski definition) is 1. The first-order valence-corrected chi connectivity index (χ1v) is 5.51. The zero-order chi connectivity index (χ0) is 9.97. The fourth-order valence-corrected chi connectivity index (χ4v) is 2.51. The van der Waals surface area contributed by atoms with Crippen molar-refractivity contribution in [1.82, 2.24) is 0 Å². The van der Waals surface area contributed by atoms with Crippen molar-refractivity contribution in [3.63, 3.8) is 0 Å². The van der Waals surface area contributed by atoms with E-state index in [1.54, 1.807) is 0 Å². The van der Waals surface area contributed by atoms with Gasteiger partial charge in [0.2, 0.25) is 0 Å². The van der Waals surface area contributed by atoms with E-state index in [9.17, 15) is 5.11 Å². The molecule has 1 unspecified atom stereocenters. The van der Waals surface area contributed by atoms with Crippen LogP contribution in [0.3, 0.4) is 0 Å². The second-order valence-corrected chi connectivity index (χ2v) is 4.36. The topological polar surface area (TPSA) is 20.2 Å². The van der Waals surface area contributed by atoms with Gasteiger partial charge in [0.1, 0.15) is 0 Å². The standard InChI is InChI=1S/C13H18O/c1-10(9-14)12-8-4-6-11-5-2-3-7-13(11)12/h2-3,5,7,10,12,14H,4,6,8-9H2,1H3/t10-,12?/m0/s1. The number of aliphatic hydroxyl groups excluding tert-OH is 1. The lowest BCUT2D eigenvalue weighted by atomic mass is 9.77. The molecule has 2 rings (SSSR count). The number of aryl methyl sites for hydroxylation is 1. The van der Waals surface area contributed by atoms with E-state index in [1.165, 1.54) is 30.4 Å². The van der Waals surface area contributed by atoms with E-state index in [-0.39, 0.29) is 0 Å². The molecule has 14 heavy (non-hydrogen) atoms. The maximum atomic E-state index is 9.21. The molecule has 0 aromatic heterocycles. The maximum Gasteiger partial charge on any atom is 0.0462 e. The first-order chi connectivity index (χ1) is 6.83. The van der Waals surface area contributed by atoms with Crippen LogP contribution in [0.4, 0.5) is 0 Å².